The van der Waals surface area contributed by atoms with Crippen LogP contribution in [0.25, 0.3) is 10.7 Å². The maximum absolute atomic E-state index is 13.4. The summed E-state index contributed by atoms with van der Waals surface area (Å²) in [6.45, 7) is 3.88. The molecule has 0 saturated carbocycles. The van der Waals surface area contributed by atoms with Gasteiger partial charge in [0.1, 0.15) is 0 Å². The molecule has 1 aromatic carbocycles. The van der Waals surface area contributed by atoms with Crippen molar-refractivity contribution in [2.75, 3.05) is 18.4 Å². The highest BCUT2D eigenvalue weighted by Crippen LogP contribution is 2.35. The number of benzene rings is 1. The lowest BCUT2D eigenvalue weighted by Gasteiger charge is -2.31. The summed E-state index contributed by atoms with van der Waals surface area (Å²) < 4.78 is 33.1. The van der Waals surface area contributed by atoms with E-state index in [0.29, 0.717) is 52.1 Å². The number of piperidine rings is 1. The van der Waals surface area contributed by atoms with Crippen molar-refractivity contribution >= 4 is 33.0 Å². The Hall–Kier alpha value is -3.07. The number of sulfonamides is 1. The fraction of sp³-hybridized carbons (Fsp3) is 0.333. The first-order valence-corrected chi connectivity index (χ1v) is 12.3. The molecule has 1 saturated heterocycles. The minimum absolute atomic E-state index is 0.108. The molecule has 3 heterocycles. The second kappa shape index (κ2) is 8.82. The number of nitriles is 1. The second-order valence-electron chi connectivity index (χ2n) is 7.55. The Balaban J connectivity index is 1.50. The van der Waals surface area contributed by atoms with Crippen LogP contribution in [0.5, 0.6) is 0 Å². The summed E-state index contributed by atoms with van der Waals surface area (Å²) in [6, 6.07) is 10.2. The van der Waals surface area contributed by atoms with Crippen molar-refractivity contribution < 1.29 is 17.7 Å². The quantitative estimate of drug-likeness (QED) is 0.604. The lowest BCUT2D eigenvalue weighted by Crippen LogP contribution is -2.43. The number of nitrogens with one attached hydrogen (secondary N) is 1. The van der Waals surface area contributed by atoms with Gasteiger partial charge in [0.25, 0.3) is 0 Å². The van der Waals surface area contributed by atoms with Crippen molar-refractivity contribution in [2.45, 2.75) is 31.6 Å². The van der Waals surface area contributed by atoms with Gasteiger partial charge in [-0.15, -0.1) is 11.3 Å². The minimum Gasteiger partial charge on any atom is -0.339 e. The van der Waals surface area contributed by atoms with Gasteiger partial charge in [-0.1, -0.05) is 5.16 Å². The molecule has 9 nitrogen and oxygen atoms in total. The topological polar surface area (TPSA) is 129 Å². The lowest BCUT2D eigenvalue weighted by atomic mass is 9.98. The van der Waals surface area contributed by atoms with Gasteiger partial charge in [0.15, 0.2) is 0 Å². The summed E-state index contributed by atoms with van der Waals surface area (Å²) in [7, 11) is -3.78. The molecule has 32 heavy (non-hydrogen) atoms. The van der Waals surface area contributed by atoms with Crippen LogP contribution in [0.3, 0.4) is 0 Å². The van der Waals surface area contributed by atoms with Crippen molar-refractivity contribution in [3.8, 4) is 16.8 Å². The number of hydrogen-bond acceptors (Lipinski definition) is 8. The van der Waals surface area contributed by atoms with Gasteiger partial charge in [0.05, 0.1) is 27.3 Å². The smallest absolute Gasteiger partial charge is 0.244 e. The molecule has 0 aliphatic carbocycles. The average molecular weight is 472 g/mol. The number of aryl methyl sites for hydroxylation is 2. The molecule has 3 aromatic rings. The summed E-state index contributed by atoms with van der Waals surface area (Å²) in [5, 5.41) is 15.6. The lowest BCUT2D eigenvalue weighted by molar-refractivity contribution is -0.120. The molecule has 0 bridgehead atoms. The van der Waals surface area contributed by atoms with E-state index in [1.807, 2.05) is 6.07 Å². The number of thiophene rings is 1. The molecule has 4 rings (SSSR count). The van der Waals surface area contributed by atoms with Gasteiger partial charge in [-0.3, -0.25) is 4.79 Å². The predicted molar refractivity (Wildman–Crippen MR) is 118 cm³/mol. The molecule has 1 aliphatic rings. The van der Waals surface area contributed by atoms with E-state index in [9.17, 15) is 13.2 Å². The van der Waals surface area contributed by atoms with Crippen LogP contribution in [0.1, 0.15) is 29.2 Å². The number of amides is 1. The average Bonchev–Trinajstić information content (AvgIpc) is 3.40. The zero-order valence-electron chi connectivity index (χ0n) is 17.5. The SMILES string of the molecule is Cc1nc(-c2cc(S(=O)(=O)N3CCC[C@H](C(=O)Nc4ccc(C#N)cc4)C3)c(C)s2)no1. The van der Waals surface area contributed by atoms with Crippen molar-refractivity contribution in [2.24, 2.45) is 5.92 Å². The van der Waals surface area contributed by atoms with Crippen LogP contribution in [0.15, 0.2) is 39.8 Å². The highest BCUT2D eigenvalue weighted by atomic mass is 32.2. The van der Waals surface area contributed by atoms with E-state index in [4.69, 9.17) is 9.78 Å². The Labute approximate surface area is 189 Å². The highest BCUT2D eigenvalue weighted by molar-refractivity contribution is 7.89. The Kier molecular flexibility index (Phi) is 6.10. The van der Waals surface area contributed by atoms with Crippen molar-refractivity contribution in [3.05, 3.63) is 46.7 Å². The number of carbonyl (C=O) groups is 1. The van der Waals surface area contributed by atoms with Gasteiger partial charge in [-0.25, -0.2) is 8.42 Å². The first-order chi connectivity index (χ1) is 15.3. The van der Waals surface area contributed by atoms with E-state index in [-0.39, 0.29) is 17.3 Å². The molecule has 1 amide bonds. The van der Waals surface area contributed by atoms with Crippen molar-refractivity contribution in [3.63, 3.8) is 0 Å². The van der Waals surface area contributed by atoms with E-state index in [2.05, 4.69) is 15.5 Å². The number of nitrogens with zero attached hydrogens (tertiary/aromatic N) is 4. The van der Waals surface area contributed by atoms with Crippen LogP contribution in [0.4, 0.5) is 5.69 Å². The van der Waals surface area contributed by atoms with Crippen LogP contribution in [0.2, 0.25) is 0 Å². The van der Waals surface area contributed by atoms with Gasteiger partial charge < -0.3 is 9.84 Å². The van der Waals surface area contributed by atoms with E-state index >= 15 is 0 Å². The normalized spacial score (nSPS) is 17.1. The molecular weight excluding hydrogens is 450 g/mol. The maximum Gasteiger partial charge on any atom is 0.244 e. The monoisotopic (exact) mass is 471 g/mol. The summed E-state index contributed by atoms with van der Waals surface area (Å²) in [6.07, 6.45) is 1.19. The van der Waals surface area contributed by atoms with Gasteiger partial charge in [-0.05, 0) is 50.1 Å². The number of anilines is 1. The number of carbonyl (C=O) groups excluding carboxylic acids is 1. The number of hydrogen-bond donors (Lipinski definition) is 1. The van der Waals surface area contributed by atoms with Crippen molar-refractivity contribution in [1.29, 1.82) is 5.26 Å². The fourth-order valence-electron chi connectivity index (χ4n) is 3.62. The standard InChI is InChI=1S/C21H21N5O4S2/c1-13-19(10-18(31-13)20-23-14(2)30-25-20)32(28,29)26-9-3-4-16(12-26)21(27)24-17-7-5-15(11-22)6-8-17/h5-8,10,16H,3-4,9,12H2,1-2H3,(H,24,27)/t16-/m0/s1. The van der Waals surface area contributed by atoms with Gasteiger partial charge in [-0.2, -0.15) is 14.6 Å². The number of rotatable bonds is 5. The molecule has 1 atom stereocenters. The first-order valence-electron chi connectivity index (χ1n) is 10.00. The van der Waals surface area contributed by atoms with E-state index in [1.54, 1.807) is 44.2 Å². The molecule has 0 spiro atoms. The Morgan fingerprint density at radius 1 is 1.31 bits per heavy atom. The first kappa shape index (κ1) is 22.1. The summed E-state index contributed by atoms with van der Waals surface area (Å²) in [5.74, 6) is 0.0602. The number of aromatic nitrogens is 2. The fourth-order valence-corrected chi connectivity index (χ4v) is 6.63. The van der Waals surface area contributed by atoms with Gasteiger partial charge in [0.2, 0.25) is 27.6 Å². The Bertz CT molecular complexity index is 1290. The van der Waals surface area contributed by atoms with Crippen LogP contribution in [-0.2, 0) is 14.8 Å². The minimum atomic E-state index is -3.78. The third-order valence-corrected chi connectivity index (χ3v) is 8.44. The molecule has 1 aliphatic heterocycles. The molecule has 1 N–H and O–H groups in total. The van der Waals surface area contributed by atoms with Crippen LogP contribution in [0, 0.1) is 31.1 Å². The molecule has 2 aromatic heterocycles. The van der Waals surface area contributed by atoms with Crippen LogP contribution >= 0.6 is 11.3 Å². The zero-order valence-corrected chi connectivity index (χ0v) is 19.2. The van der Waals surface area contributed by atoms with E-state index < -0.39 is 15.9 Å². The van der Waals surface area contributed by atoms with Crippen molar-refractivity contribution in [1.82, 2.24) is 14.4 Å². The zero-order chi connectivity index (χ0) is 22.9. The largest absolute Gasteiger partial charge is 0.339 e. The second-order valence-corrected chi connectivity index (χ2v) is 10.7. The summed E-state index contributed by atoms with van der Waals surface area (Å²) in [4.78, 5) is 18.4. The Morgan fingerprint density at radius 2 is 2.06 bits per heavy atom. The predicted octanol–water partition coefficient (Wildman–Crippen LogP) is 3.33. The Morgan fingerprint density at radius 3 is 2.72 bits per heavy atom. The third kappa shape index (κ3) is 4.43. The van der Waals surface area contributed by atoms with Crippen LogP contribution in [-0.4, -0.2) is 41.9 Å². The summed E-state index contributed by atoms with van der Waals surface area (Å²) >= 11 is 1.29. The van der Waals surface area contributed by atoms with E-state index in [0.717, 1.165) is 0 Å². The molecule has 166 valence electrons. The molecule has 1 fully saturated rings. The molecular formula is C21H21N5O4S2. The third-order valence-electron chi connectivity index (χ3n) is 5.27. The van der Waals surface area contributed by atoms with Crippen LogP contribution < -0.4 is 5.32 Å². The maximum atomic E-state index is 13.4. The molecule has 0 unspecified atom stereocenters. The summed E-state index contributed by atoms with van der Waals surface area (Å²) in [5.41, 5.74) is 1.07. The highest BCUT2D eigenvalue weighted by Gasteiger charge is 2.35. The molecule has 0 radical (unpaired) electrons. The van der Waals surface area contributed by atoms with Gasteiger partial charge in [0, 0.05) is 30.6 Å². The molecule has 11 heteroatoms. The van der Waals surface area contributed by atoms with E-state index in [1.165, 1.54) is 15.6 Å². The van der Waals surface area contributed by atoms with Gasteiger partial charge >= 0.3 is 0 Å².